The minimum absolute atomic E-state index is 0.0950. The molecule has 0 aliphatic rings. The van der Waals surface area contributed by atoms with Gasteiger partial charge in [0.15, 0.2) is 0 Å². The number of methoxy groups -OCH3 is 1. The topological polar surface area (TPSA) is 29.5 Å². The molecule has 0 bridgehead atoms. The highest BCUT2D eigenvalue weighted by molar-refractivity contribution is 5.69. The predicted molar refractivity (Wildman–Crippen MR) is 69.5 cm³/mol. The van der Waals surface area contributed by atoms with Gasteiger partial charge < -0.3 is 9.84 Å². The molecule has 2 nitrogen and oxygen atoms in total. The van der Waals surface area contributed by atoms with Crippen LogP contribution in [-0.2, 0) is 4.74 Å². The third-order valence-corrected chi connectivity index (χ3v) is 2.23. The molecular formula is C14H22O2. The van der Waals surface area contributed by atoms with E-state index in [-0.39, 0.29) is 6.10 Å². The molecule has 0 saturated carbocycles. The van der Waals surface area contributed by atoms with Crippen LogP contribution in [-0.4, -0.2) is 18.3 Å². The summed E-state index contributed by atoms with van der Waals surface area (Å²) in [5, 5.41) is 9.57. The summed E-state index contributed by atoms with van der Waals surface area (Å²) in [6, 6.07) is 9.77. The van der Waals surface area contributed by atoms with Gasteiger partial charge in [-0.1, -0.05) is 44.2 Å². The van der Waals surface area contributed by atoms with Crippen LogP contribution in [0.5, 0.6) is 0 Å². The van der Waals surface area contributed by atoms with Crippen molar-refractivity contribution in [1.82, 2.24) is 0 Å². The average molecular weight is 222 g/mol. The number of hydrogen-bond donors (Lipinski definition) is 1. The fourth-order valence-corrected chi connectivity index (χ4v) is 1.47. The SMILES string of the molecule is CC.COC(C)/C(=C(/C)O)c1ccccc1. The molecule has 0 aliphatic carbocycles. The molecule has 1 aromatic rings. The zero-order valence-electron chi connectivity index (χ0n) is 10.8. The van der Waals surface area contributed by atoms with E-state index in [1.807, 2.05) is 51.1 Å². The number of rotatable bonds is 3. The van der Waals surface area contributed by atoms with E-state index in [0.717, 1.165) is 11.1 Å². The molecule has 0 fully saturated rings. The molecule has 1 unspecified atom stereocenters. The molecule has 0 heterocycles. The van der Waals surface area contributed by atoms with E-state index < -0.39 is 0 Å². The van der Waals surface area contributed by atoms with Gasteiger partial charge in [0.2, 0.25) is 0 Å². The van der Waals surface area contributed by atoms with Crippen molar-refractivity contribution in [3.05, 3.63) is 41.7 Å². The molecule has 0 radical (unpaired) electrons. The lowest BCUT2D eigenvalue weighted by molar-refractivity contribution is 0.161. The van der Waals surface area contributed by atoms with Crippen molar-refractivity contribution in [2.45, 2.75) is 33.8 Å². The smallest absolute Gasteiger partial charge is 0.0955 e. The lowest BCUT2D eigenvalue weighted by atomic mass is 10.0. The van der Waals surface area contributed by atoms with Crippen molar-refractivity contribution >= 4 is 5.57 Å². The lowest BCUT2D eigenvalue weighted by Gasteiger charge is -2.15. The van der Waals surface area contributed by atoms with Crippen molar-refractivity contribution in [2.75, 3.05) is 7.11 Å². The fraction of sp³-hybridized carbons (Fsp3) is 0.429. The summed E-state index contributed by atoms with van der Waals surface area (Å²) in [7, 11) is 1.64. The maximum absolute atomic E-state index is 9.57. The van der Waals surface area contributed by atoms with Gasteiger partial charge in [-0.25, -0.2) is 0 Å². The van der Waals surface area contributed by atoms with Gasteiger partial charge in [0.1, 0.15) is 0 Å². The van der Waals surface area contributed by atoms with Crippen LogP contribution in [0.2, 0.25) is 0 Å². The van der Waals surface area contributed by atoms with Crippen LogP contribution in [0.1, 0.15) is 33.3 Å². The number of aliphatic hydroxyl groups is 1. The molecule has 0 aliphatic heterocycles. The largest absolute Gasteiger partial charge is 0.512 e. The van der Waals surface area contributed by atoms with E-state index in [4.69, 9.17) is 4.74 Å². The number of benzene rings is 1. The first-order valence-corrected chi connectivity index (χ1v) is 5.64. The molecule has 16 heavy (non-hydrogen) atoms. The zero-order chi connectivity index (χ0) is 12.6. The maximum atomic E-state index is 9.57. The predicted octanol–water partition coefficient (Wildman–Crippen LogP) is 4.04. The second-order valence-electron chi connectivity index (χ2n) is 3.24. The quantitative estimate of drug-likeness (QED) is 0.782. The molecule has 90 valence electrons. The van der Waals surface area contributed by atoms with Crippen LogP contribution in [0.3, 0.4) is 0 Å². The molecule has 1 aromatic carbocycles. The standard InChI is InChI=1S/C12H16O2.C2H6/c1-9(13)12(10(2)14-3)11-7-5-4-6-8-11;1-2/h4-8,10,13H,1-3H3;1-2H3/b12-9+;. The first-order valence-electron chi connectivity index (χ1n) is 5.64. The summed E-state index contributed by atoms with van der Waals surface area (Å²) in [6.07, 6.45) is -0.0950. The van der Waals surface area contributed by atoms with E-state index in [2.05, 4.69) is 0 Å². The number of ether oxygens (including phenoxy) is 1. The van der Waals surface area contributed by atoms with Crippen molar-refractivity contribution in [3.8, 4) is 0 Å². The van der Waals surface area contributed by atoms with Gasteiger partial charge in [-0.05, 0) is 19.4 Å². The first-order chi connectivity index (χ1) is 7.66. The molecule has 0 aromatic heterocycles. The minimum atomic E-state index is -0.0950. The second-order valence-corrected chi connectivity index (χ2v) is 3.24. The van der Waals surface area contributed by atoms with Crippen LogP contribution >= 0.6 is 0 Å². The highest BCUT2D eigenvalue weighted by atomic mass is 16.5. The number of aliphatic hydroxyl groups excluding tert-OH is 1. The van der Waals surface area contributed by atoms with E-state index >= 15 is 0 Å². The van der Waals surface area contributed by atoms with Gasteiger partial charge in [-0.15, -0.1) is 0 Å². The Morgan fingerprint density at radius 3 is 2.06 bits per heavy atom. The minimum Gasteiger partial charge on any atom is -0.512 e. The Kier molecular flexibility index (Phi) is 7.31. The summed E-state index contributed by atoms with van der Waals surface area (Å²) < 4.78 is 5.21. The van der Waals surface area contributed by atoms with Gasteiger partial charge in [-0.3, -0.25) is 0 Å². The maximum Gasteiger partial charge on any atom is 0.0955 e. The van der Waals surface area contributed by atoms with Crippen molar-refractivity contribution in [1.29, 1.82) is 0 Å². The van der Waals surface area contributed by atoms with E-state index in [1.54, 1.807) is 14.0 Å². The Morgan fingerprint density at radius 2 is 1.69 bits per heavy atom. The second kappa shape index (κ2) is 7.94. The monoisotopic (exact) mass is 222 g/mol. The summed E-state index contributed by atoms with van der Waals surface area (Å²) >= 11 is 0. The van der Waals surface area contributed by atoms with Crippen molar-refractivity contribution in [2.24, 2.45) is 0 Å². The Bertz CT molecular complexity index is 311. The zero-order valence-corrected chi connectivity index (χ0v) is 10.8. The Labute approximate surface area is 98.6 Å². The molecule has 0 spiro atoms. The van der Waals surface area contributed by atoms with Gasteiger partial charge in [-0.2, -0.15) is 0 Å². The third-order valence-electron chi connectivity index (χ3n) is 2.23. The van der Waals surface area contributed by atoms with E-state index in [9.17, 15) is 5.11 Å². The van der Waals surface area contributed by atoms with Crippen molar-refractivity contribution < 1.29 is 9.84 Å². The lowest BCUT2D eigenvalue weighted by Crippen LogP contribution is -2.09. The Balaban J connectivity index is 0.00000106. The summed E-state index contributed by atoms with van der Waals surface area (Å²) in [6.45, 7) is 7.60. The Hall–Kier alpha value is -1.28. The first kappa shape index (κ1) is 14.7. The highest BCUT2D eigenvalue weighted by Crippen LogP contribution is 2.22. The van der Waals surface area contributed by atoms with Gasteiger partial charge in [0.05, 0.1) is 11.9 Å². The van der Waals surface area contributed by atoms with E-state index in [0.29, 0.717) is 5.76 Å². The fourth-order valence-electron chi connectivity index (χ4n) is 1.47. The molecule has 0 saturated heterocycles. The molecule has 1 atom stereocenters. The third kappa shape index (κ3) is 4.07. The van der Waals surface area contributed by atoms with Crippen LogP contribution in [0.25, 0.3) is 5.57 Å². The summed E-state index contributed by atoms with van der Waals surface area (Å²) in [5.41, 5.74) is 1.84. The normalized spacial score (nSPS) is 13.3. The molecule has 1 rings (SSSR count). The number of allylic oxidation sites excluding steroid dienone is 1. The average Bonchev–Trinajstić information content (AvgIpc) is 2.32. The van der Waals surface area contributed by atoms with Crippen LogP contribution in [0.4, 0.5) is 0 Å². The molecule has 0 amide bonds. The van der Waals surface area contributed by atoms with Crippen LogP contribution < -0.4 is 0 Å². The molecular weight excluding hydrogens is 200 g/mol. The Morgan fingerprint density at radius 1 is 1.19 bits per heavy atom. The molecule has 2 heteroatoms. The van der Waals surface area contributed by atoms with E-state index in [1.165, 1.54) is 0 Å². The van der Waals surface area contributed by atoms with Gasteiger partial charge in [0.25, 0.3) is 0 Å². The van der Waals surface area contributed by atoms with Crippen LogP contribution in [0, 0.1) is 0 Å². The van der Waals surface area contributed by atoms with Crippen molar-refractivity contribution in [3.63, 3.8) is 0 Å². The summed E-state index contributed by atoms with van der Waals surface area (Å²) in [4.78, 5) is 0. The molecule has 1 N–H and O–H groups in total. The number of hydrogen-bond acceptors (Lipinski definition) is 2. The van der Waals surface area contributed by atoms with Gasteiger partial charge in [0, 0.05) is 12.7 Å². The highest BCUT2D eigenvalue weighted by Gasteiger charge is 2.12. The summed E-state index contributed by atoms with van der Waals surface area (Å²) in [5.74, 6) is 0.311. The van der Waals surface area contributed by atoms with Crippen LogP contribution in [0.15, 0.2) is 36.1 Å². The van der Waals surface area contributed by atoms with Gasteiger partial charge >= 0.3 is 0 Å².